The fraction of sp³-hybridized carbons (Fsp3) is 0.0769. The third kappa shape index (κ3) is 7.09. The summed E-state index contributed by atoms with van der Waals surface area (Å²) in [6.45, 7) is -0.291. The van der Waals surface area contributed by atoms with Crippen LogP contribution in [0.15, 0.2) is 75.6 Å². The molecule has 0 atom stereocenters. The molecule has 1 aromatic heterocycles. The molecule has 4 N–H and O–H groups in total. The third-order valence-corrected chi connectivity index (χ3v) is 6.63. The van der Waals surface area contributed by atoms with Gasteiger partial charge < -0.3 is 20.5 Å². The maximum atomic E-state index is 12.6. The van der Waals surface area contributed by atoms with Crippen molar-refractivity contribution in [2.45, 2.75) is 0 Å². The number of primary amides is 1. The molecule has 38 heavy (non-hydrogen) atoms. The fourth-order valence-electron chi connectivity index (χ4n) is 3.24. The molecule has 0 saturated carbocycles. The van der Waals surface area contributed by atoms with Gasteiger partial charge in [-0.05, 0) is 70.0 Å². The number of thiazole rings is 1. The Morgan fingerprint density at radius 2 is 1.89 bits per heavy atom. The summed E-state index contributed by atoms with van der Waals surface area (Å²) < 4.78 is 11.2. The Hall–Kier alpha value is -3.93. The number of benzene rings is 3. The number of carbonyl (C=O) groups excluding carboxylic acids is 2. The minimum atomic E-state index is -0.608. The van der Waals surface area contributed by atoms with E-state index in [4.69, 9.17) is 26.8 Å². The maximum absolute atomic E-state index is 12.6. The Kier molecular flexibility index (Phi) is 8.95. The molecule has 0 aliphatic rings. The van der Waals surface area contributed by atoms with Gasteiger partial charge in [-0.2, -0.15) is 5.10 Å². The van der Waals surface area contributed by atoms with Gasteiger partial charge in [0.25, 0.3) is 11.8 Å². The van der Waals surface area contributed by atoms with E-state index < -0.39 is 5.91 Å². The lowest BCUT2D eigenvalue weighted by Crippen LogP contribution is -2.20. The summed E-state index contributed by atoms with van der Waals surface area (Å²) in [4.78, 5) is 28.2. The van der Waals surface area contributed by atoms with Crippen LogP contribution in [0.3, 0.4) is 0 Å². The Morgan fingerprint density at radius 1 is 1.16 bits per heavy atom. The molecular weight excluding hydrogens is 594 g/mol. The van der Waals surface area contributed by atoms with E-state index in [9.17, 15) is 9.59 Å². The number of ether oxygens (including phenoxy) is 2. The zero-order valence-corrected chi connectivity index (χ0v) is 23.1. The molecule has 0 radical (unpaired) electrons. The molecule has 4 rings (SSSR count). The van der Waals surface area contributed by atoms with E-state index in [-0.39, 0.29) is 12.5 Å². The highest BCUT2D eigenvalue weighted by Gasteiger charge is 2.13. The smallest absolute Gasteiger partial charge is 0.271 e. The Morgan fingerprint density at radius 3 is 2.58 bits per heavy atom. The summed E-state index contributed by atoms with van der Waals surface area (Å²) in [7, 11) is 1.47. The molecule has 0 aliphatic heterocycles. The van der Waals surface area contributed by atoms with Crippen molar-refractivity contribution in [3.8, 4) is 22.8 Å². The van der Waals surface area contributed by atoms with E-state index >= 15 is 0 Å². The number of hydrazone groups is 1. The van der Waals surface area contributed by atoms with Gasteiger partial charge in [0.1, 0.15) is 0 Å². The summed E-state index contributed by atoms with van der Waals surface area (Å²) >= 11 is 10.8. The van der Waals surface area contributed by atoms with E-state index in [0.717, 1.165) is 22.1 Å². The van der Waals surface area contributed by atoms with Crippen molar-refractivity contribution in [3.05, 3.63) is 86.7 Å². The van der Waals surface area contributed by atoms with Crippen LogP contribution in [-0.2, 0) is 4.79 Å². The minimum absolute atomic E-state index is 0.291. The van der Waals surface area contributed by atoms with Crippen LogP contribution in [0.4, 0.5) is 10.8 Å². The molecule has 4 aromatic rings. The average molecular weight is 615 g/mol. The van der Waals surface area contributed by atoms with Crippen LogP contribution in [0.2, 0.25) is 5.02 Å². The molecule has 0 bridgehead atoms. The number of rotatable bonds is 10. The number of aromatic nitrogens is 1. The standard InChI is InChI=1S/C26H21BrClN5O4S/c1-36-22-11-15(10-20(27)24(22)37-13-23(29)34)12-30-33-25(35)17-4-2-16(3-5-17)21-14-38-26(32-21)31-19-8-6-18(28)7-9-19/h2-12,14H,13H2,1H3,(H2,29,34)(H,31,32)(H,33,35)/b30-12-. The lowest BCUT2D eigenvalue weighted by Gasteiger charge is -2.12. The molecule has 12 heteroatoms. The van der Waals surface area contributed by atoms with E-state index in [1.165, 1.54) is 24.7 Å². The first-order chi connectivity index (χ1) is 18.3. The van der Waals surface area contributed by atoms with Gasteiger partial charge in [0.2, 0.25) is 0 Å². The Bertz CT molecular complexity index is 1480. The van der Waals surface area contributed by atoms with Gasteiger partial charge in [-0.3, -0.25) is 9.59 Å². The quantitative estimate of drug-likeness (QED) is 0.157. The predicted octanol–water partition coefficient (Wildman–Crippen LogP) is 5.61. The first-order valence-corrected chi connectivity index (χ1v) is 13.1. The number of nitrogens with two attached hydrogens (primary N) is 1. The molecular formula is C26H21BrClN5O4S. The van der Waals surface area contributed by atoms with Gasteiger partial charge >= 0.3 is 0 Å². The van der Waals surface area contributed by atoms with Gasteiger partial charge in [0, 0.05) is 27.2 Å². The molecule has 0 unspecified atom stereocenters. The van der Waals surface area contributed by atoms with E-state index in [2.05, 4.69) is 36.8 Å². The first kappa shape index (κ1) is 27.1. The highest BCUT2D eigenvalue weighted by Crippen LogP contribution is 2.36. The number of nitrogens with one attached hydrogen (secondary N) is 2. The maximum Gasteiger partial charge on any atom is 0.271 e. The van der Waals surface area contributed by atoms with Crippen LogP contribution in [0.25, 0.3) is 11.3 Å². The second kappa shape index (κ2) is 12.5. The zero-order valence-electron chi connectivity index (χ0n) is 19.9. The second-order valence-electron chi connectivity index (χ2n) is 7.74. The first-order valence-electron chi connectivity index (χ1n) is 11.0. The van der Waals surface area contributed by atoms with E-state index in [1.54, 1.807) is 24.3 Å². The van der Waals surface area contributed by atoms with Gasteiger partial charge in [-0.15, -0.1) is 11.3 Å². The monoisotopic (exact) mass is 613 g/mol. The summed E-state index contributed by atoms with van der Waals surface area (Å²) in [5.74, 6) is -0.274. The van der Waals surface area contributed by atoms with Gasteiger partial charge in [-0.25, -0.2) is 10.4 Å². The van der Waals surface area contributed by atoms with Crippen LogP contribution in [0.1, 0.15) is 15.9 Å². The van der Waals surface area contributed by atoms with Crippen molar-refractivity contribution in [1.82, 2.24) is 10.4 Å². The zero-order chi connectivity index (χ0) is 27.1. The van der Waals surface area contributed by atoms with E-state index in [0.29, 0.717) is 32.1 Å². The number of amides is 2. The molecule has 3 aromatic carbocycles. The van der Waals surface area contributed by atoms with Gasteiger partial charge in [-0.1, -0.05) is 23.7 Å². The molecule has 0 saturated heterocycles. The third-order valence-electron chi connectivity index (χ3n) is 5.03. The molecule has 194 valence electrons. The fourth-order valence-corrected chi connectivity index (χ4v) is 4.68. The van der Waals surface area contributed by atoms with Crippen molar-refractivity contribution in [2.24, 2.45) is 10.8 Å². The number of hydrogen-bond acceptors (Lipinski definition) is 8. The SMILES string of the molecule is COc1cc(/C=N\NC(=O)c2ccc(-c3csc(Nc4ccc(Cl)cc4)n3)cc2)cc(Br)c1OCC(N)=O. The minimum Gasteiger partial charge on any atom is -0.493 e. The van der Waals surface area contributed by atoms with Crippen LogP contribution < -0.4 is 25.9 Å². The van der Waals surface area contributed by atoms with Crippen molar-refractivity contribution in [1.29, 1.82) is 0 Å². The van der Waals surface area contributed by atoms with Crippen LogP contribution in [0, 0.1) is 0 Å². The molecule has 1 heterocycles. The van der Waals surface area contributed by atoms with Crippen molar-refractivity contribution < 1.29 is 19.1 Å². The highest BCUT2D eigenvalue weighted by atomic mass is 79.9. The van der Waals surface area contributed by atoms with E-state index in [1.807, 2.05) is 41.8 Å². The summed E-state index contributed by atoms with van der Waals surface area (Å²) in [6.07, 6.45) is 1.46. The molecule has 0 aliphatic carbocycles. The molecule has 0 fully saturated rings. The van der Waals surface area contributed by atoms with Crippen LogP contribution in [-0.4, -0.2) is 36.7 Å². The topological polar surface area (TPSA) is 128 Å². The van der Waals surface area contributed by atoms with Gasteiger partial charge in [0.05, 0.1) is 23.5 Å². The number of carbonyl (C=O) groups is 2. The lowest BCUT2D eigenvalue weighted by atomic mass is 10.1. The largest absolute Gasteiger partial charge is 0.493 e. The van der Waals surface area contributed by atoms with Gasteiger partial charge in [0.15, 0.2) is 23.2 Å². The summed E-state index contributed by atoms with van der Waals surface area (Å²) in [5, 5.41) is 10.6. The number of methoxy groups -OCH3 is 1. The second-order valence-corrected chi connectivity index (χ2v) is 9.88. The normalized spacial score (nSPS) is 10.8. The number of nitrogens with zero attached hydrogens (tertiary/aromatic N) is 2. The lowest BCUT2D eigenvalue weighted by molar-refractivity contribution is -0.119. The van der Waals surface area contributed by atoms with Crippen LogP contribution in [0.5, 0.6) is 11.5 Å². The Balaban J connectivity index is 1.37. The van der Waals surface area contributed by atoms with Crippen molar-refractivity contribution in [2.75, 3.05) is 19.0 Å². The number of hydrogen-bond donors (Lipinski definition) is 3. The number of anilines is 2. The predicted molar refractivity (Wildman–Crippen MR) is 153 cm³/mol. The molecule has 9 nitrogen and oxygen atoms in total. The molecule has 2 amide bonds. The Labute approximate surface area is 235 Å². The van der Waals surface area contributed by atoms with Crippen molar-refractivity contribution >= 4 is 67.7 Å². The van der Waals surface area contributed by atoms with Crippen molar-refractivity contribution in [3.63, 3.8) is 0 Å². The summed E-state index contributed by atoms with van der Waals surface area (Å²) in [6, 6.07) is 17.8. The molecule has 0 spiro atoms. The van der Waals surface area contributed by atoms with Crippen LogP contribution >= 0.6 is 38.9 Å². The summed E-state index contributed by atoms with van der Waals surface area (Å²) in [5.41, 5.74) is 11.3. The average Bonchev–Trinajstić information content (AvgIpc) is 3.37. The number of halogens is 2. The highest BCUT2D eigenvalue weighted by molar-refractivity contribution is 9.10.